The Morgan fingerprint density at radius 2 is 2.19 bits per heavy atom. The number of benzene rings is 1. The van der Waals surface area contributed by atoms with E-state index in [1.807, 2.05) is 12.1 Å². The second kappa shape index (κ2) is 10.9. The molecule has 1 aliphatic rings. The molecule has 27 heavy (non-hydrogen) atoms. The lowest BCUT2D eigenvalue weighted by atomic mass is 10.1. The second-order valence-electron chi connectivity index (χ2n) is 6.98. The van der Waals surface area contributed by atoms with E-state index in [2.05, 4.69) is 44.5 Å². The lowest BCUT2D eigenvalue weighted by Crippen LogP contribution is -2.53. The summed E-state index contributed by atoms with van der Waals surface area (Å²) in [6.45, 7) is 7.51. The number of nitrogens with one attached hydrogen (secondary N) is 2. The molecule has 1 unspecified atom stereocenters. The molecule has 6 N–H and O–H groups in total. The molecule has 8 nitrogen and oxygen atoms in total. The molecule has 0 radical (unpaired) electrons. The smallest absolute Gasteiger partial charge is 0.234 e. The van der Waals surface area contributed by atoms with Gasteiger partial charge >= 0.3 is 0 Å². The maximum Gasteiger partial charge on any atom is 0.234 e. The van der Waals surface area contributed by atoms with Gasteiger partial charge in [-0.25, -0.2) is 0 Å². The average Bonchev–Trinajstić information content (AvgIpc) is 2.64. The third kappa shape index (κ3) is 7.16. The van der Waals surface area contributed by atoms with E-state index in [0.29, 0.717) is 31.6 Å². The van der Waals surface area contributed by atoms with Gasteiger partial charge in [-0.05, 0) is 37.6 Å². The number of carbonyl (C=O) groups is 1. The van der Waals surface area contributed by atoms with Gasteiger partial charge in [0.05, 0.1) is 6.54 Å². The summed E-state index contributed by atoms with van der Waals surface area (Å²) in [6.07, 6.45) is 0.819. The van der Waals surface area contributed by atoms with Gasteiger partial charge in [-0.15, -0.1) is 0 Å². The zero-order valence-corrected chi connectivity index (χ0v) is 16.4. The van der Waals surface area contributed by atoms with E-state index >= 15 is 0 Å². The number of guanidine groups is 1. The van der Waals surface area contributed by atoms with Gasteiger partial charge < -0.3 is 22.1 Å². The Bertz CT molecular complexity index is 634. The van der Waals surface area contributed by atoms with Crippen LogP contribution in [0.4, 0.5) is 5.69 Å². The highest BCUT2D eigenvalue weighted by Crippen LogP contribution is 2.16. The Labute approximate surface area is 162 Å². The van der Waals surface area contributed by atoms with Crippen molar-refractivity contribution in [2.24, 2.45) is 16.5 Å². The van der Waals surface area contributed by atoms with Crippen molar-refractivity contribution in [1.82, 2.24) is 15.1 Å². The van der Waals surface area contributed by atoms with Crippen molar-refractivity contribution in [3.63, 3.8) is 0 Å². The predicted octanol–water partition coefficient (Wildman–Crippen LogP) is 0.0141. The zero-order valence-electron chi connectivity index (χ0n) is 16.4. The predicted molar refractivity (Wildman–Crippen MR) is 111 cm³/mol. The molecule has 1 aromatic carbocycles. The maximum absolute atomic E-state index is 12.0. The summed E-state index contributed by atoms with van der Waals surface area (Å²) >= 11 is 0. The van der Waals surface area contributed by atoms with Crippen LogP contribution in [0.2, 0.25) is 0 Å². The second-order valence-corrected chi connectivity index (χ2v) is 6.98. The van der Waals surface area contributed by atoms with Gasteiger partial charge in [-0.1, -0.05) is 12.1 Å². The summed E-state index contributed by atoms with van der Waals surface area (Å²) in [5.41, 5.74) is 13.4. The van der Waals surface area contributed by atoms with Crippen LogP contribution in [0.3, 0.4) is 0 Å². The van der Waals surface area contributed by atoms with Crippen LogP contribution in [-0.4, -0.2) is 74.0 Å². The first kappa shape index (κ1) is 21.1. The van der Waals surface area contributed by atoms with Crippen molar-refractivity contribution in [3.05, 3.63) is 29.8 Å². The van der Waals surface area contributed by atoms with E-state index in [4.69, 9.17) is 11.5 Å². The number of carbonyl (C=O) groups excluding carboxylic acids is 1. The Morgan fingerprint density at radius 3 is 2.89 bits per heavy atom. The van der Waals surface area contributed by atoms with Crippen molar-refractivity contribution >= 4 is 17.6 Å². The summed E-state index contributed by atoms with van der Waals surface area (Å²) in [7, 11) is 1.66. The van der Waals surface area contributed by atoms with Crippen molar-refractivity contribution in [2.45, 2.75) is 25.9 Å². The van der Waals surface area contributed by atoms with Crippen LogP contribution in [0.15, 0.2) is 29.3 Å². The molecule has 1 heterocycles. The number of rotatable bonds is 8. The van der Waals surface area contributed by atoms with Crippen molar-refractivity contribution in [2.75, 3.05) is 51.6 Å². The molecule has 1 saturated heterocycles. The third-order valence-corrected chi connectivity index (χ3v) is 4.75. The SMILES string of the molecule is C/N=C(\N)Nc1cccc(CN2CCN(CC(=O)NCCCN)CC2C)c1. The van der Waals surface area contributed by atoms with Gasteiger partial charge in [0.15, 0.2) is 5.96 Å². The Morgan fingerprint density at radius 1 is 1.37 bits per heavy atom. The minimum atomic E-state index is 0.0815. The fourth-order valence-corrected chi connectivity index (χ4v) is 3.22. The first-order chi connectivity index (χ1) is 13.0. The number of hydrogen-bond donors (Lipinski definition) is 4. The number of hydrogen-bond acceptors (Lipinski definition) is 5. The van der Waals surface area contributed by atoms with Crippen LogP contribution < -0.4 is 22.1 Å². The first-order valence-electron chi connectivity index (χ1n) is 9.53. The molecule has 1 aliphatic heterocycles. The number of aliphatic imine (C=N–C) groups is 1. The molecule has 2 rings (SSSR count). The average molecular weight is 376 g/mol. The standard InChI is InChI=1S/C19H33N7O/c1-15-12-25(14-18(27)23-8-4-7-20)9-10-26(15)13-16-5-3-6-17(11-16)24-19(21)22-2/h3,5-6,11,15H,4,7-10,12-14,20H2,1-2H3,(H,23,27)(H3,21,22,24). The van der Waals surface area contributed by atoms with Crippen LogP contribution in [-0.2, 0) is 11.3 Å². The summed E-state index contributed by atoms with van der Waals surface area (Å²) in [5, 5.41) is 6.00. The summed E-state index contributed by atoms with van der Waals surface area (Å²) in [6, 6.07) is 8.60. The summed E-state index contributed by atoms with van der Waals surface area (Å²) < 4.78 is 0. The monoisotopic (exact) mass is 375 g/mol. The van der Waals surface area contributed by atoms with Crippen LogP contribution in [0.5, 0.6) is 0 Å². The topological polar surface area (TPSA) is 112 Å². The van der Waals surface area contributed by atoms with Crippen LogP contribution in [0.25, 0.3) is 0 Å². The van der Waals surface area contributed by atoms with E-state index in [1.165, 1.54) is 5.56 Å². The molecule has 150 valence electrons. The molecule has 1 atom stereocenters. The van der Waals surface area contributed by atoms with E-state index in [1.54, 1.807) is 7.05 Å². The molecule has 1 fully saturated rings. The van der Waals surface area contributed by atoms with Crippen molar-refractivity contribution < 1.29 is 4.79 Å². The van der Waals surface area contributed by atoms with Gasteiger partial charge in [-0.2, -0.15) is 0 Å². The van der Waals surface area contributed by atoms with Gasteiger partial charge in [-0.3, -0.25) is 19.6 Å². The highest BCUT2D eigenvalue weighted by atomic mass is 16.2. The molecule has 0 aliphatic carbocycles. The van der Waals surface area contributed by atoms with Crippen molar-refractivity contribution in [1.29, 1.82) is 0 Å². The minimum Gasteiger partial charge on any atom is -0.370 e. The summed E-state index contributed by atoms with van der Waals surface area (Å²) in [4.78, 5) is 20.6. The molecule has 0 saturated carbocycles. The fraction of sp³-hybridized carbons (Fsp3) is 0.579. The Balaban J connectivity index is 1.83. The minimum absolute atomic E-state index is 0.0815. The van der Waals surface area contributed by atoms with Gasteiger partial charge in [0.25, 0.3) is 0 Å². The third-order valence-electron chi connectivity index (χ3n) is 4.75. The van der Waals surface area contributed by atoms with E-state index in [-0.39, 0.29) is 5.91 Å². The van der Waals surface area contributed by atoms with Gasteiger partial charge in [0.2, 0.25) is 5.91 Å². The zero-order chi connectivity index (χ0) is 19.6. The highest BCUT2D eigenvalue weighted by molar-refractivity contribution is 5.92. The molecular weight excluding hydrogens is 342 g/mol. The molecule has 8 heteroatoms. The lowest BCUT2D eigenvalue weighted by Gasteiger charge is -2.39. The van der Waals surface area contributed by atoms with Gasteiger partial charge in [0.1, 0.15) is 0 Å². The molecule has 1 aromatic rings. The molecule has 0 bridgehead atoms. The summed E-state index contributed by atoms with van der Waals surface area (Å²) in [5.74, 6) is 0.483. The maximum atomic E-state index is 12.0. The number of amides is 1. The quantitative estimate of drug-likeness (QED) is 0.289. The van der Waals surface area contributed by atoms with E-state index < -0.39 is 0 Å². The number of anilines is 1. The molecule has 1 amide bonds. The van der Waals surface area contributed by atoms with Crippen LogP contribution in [0, 0.1) is 0 Å². The first-order valence-corrected chi connectivity index (χ1v) is 9.53. The fourth-order valence-electron chi connectivity index (χ4n) is 3.22. The molecule has 0 aromatic heterocycles. The normalized spacial score (nSPS) is 19.1. The Kier molecular flexibility index (Phi) is 8.50. The number of nitrogens with two attached hydrogens (primary N) is 2. The van der Waals surface area contributed by atoms with Crippen LogP contribution >= 0.6 is 0 Å². The van der Waals surface area contributed by atoms with E-state index in [9.17, 15) is 4.79 Å². The lowest BCUT2D eigenvalue weighted by molar-refractivity contribution is -0.122. The largest absolute Gasteiger partial charge is 0.370 e. The number of piperazine rings is 1. The Hall–Kier alpha value is -2.16. The van der Waals surface area contributed by atoms with Gasteiger partial charge in [0, 0.05) is 51.5 Å². The van der Waals surface area contributed by atoms with E-state index in [0.717, 1.165) is 38.3 Å². The molecular formula is C19H33N7O. The number of nitrogens with zero attached hydrogens (tertiary/aromatic N) is 3. The van der Waals surface area contributed by atoms with Crippen LogP contribution in [0.1, 0.15) is 18.9 Å². The highest BCUT2D eigenvalue weighted by Gasteiger charge is 2.24. The van der Waals surface area contributed by atoms with Crippen molar-refractivity contribution in [3.8, 4) is 0 Å². The molecule has 0 spiro atoms.